The molecule has 0 amide bonds. The highest BCUT2D eigenvalue weighted by molar-refractivity contribution is 7.27. The van der Waals surface area contributed by atoms with Gasteiger partial charge in [0.15, 0.2) is 0 Å². The van der Waals surface area contributed by atoms with Gasteiger partial charge in [0, 0.05) is 31.3 Å². The van der Waals surface area contributed by atoms with Gasteiger partial charge in [-0.3, -0.25) is 0 Å². The average molecular weight is 637 g/mol. The van der Waals surface area contributed by atoms with Gasteiger partial charge in [0.05, 0.1) is 0 Å². The van der Waals surface area contributed by atoms with Crippen molar-refractivity contribution in [3.05, 3.63) is 170 Å². The predicted molar refractivity (Wildman–Crippen MR) is 215 cm³/mol. The van der Waals surface area contributed by atoms with Gasteiger partial charge in [-0.05, 0) is 87.9 Å². The van der Waals surface area contributed by atoms with Crippen molar-refractivity contribution in [1.82, 2.24) is 0 Å². The summed E-state index contributed by atoms with van der Waals surface area (Å²) in [6, 6.07) is 63.2. The van der Waals surface area contributed by atoms with Crippen molar-refractivity contribution in [1.29, 1.82) is 0 Å². The van der Waals surface area contributed by atoms with Crippen LogP contribution in [0.15, 0.2) is 170 Å². The Labute approximate surface area is 287 Å². The fourth-order valence-corrected chi connectivity index (χ4v) is 9.77. The maximum absolute atomic E-state index is 2.45. The number of hydrogen-bond acceptors (Lipinski definition) is 1. The standard InChI is InChI=1S/C48H28S/c1-3-13-31-29(11-1)23-25-37-33-15-5-7-17-35(33)45(27-43(31)37)41-21-9-19-39-40-20-10-22-42(48(40)49-47(39)41)46-28-44-32-14-4-2-12-30(32)24-26-38(44)34-16-6-8-18-36(34)46/h1-28H. The van der Waals surface area contributed by atoms with Crippen LogP contribution in [0.4, 0.5) is 0 Å². The molecule has 0 atom stereocenters. The minimum atomic E-state index is 1.27. The van der Waals surface area contributed by atoms with E-state index in [2.05, 4.69) is 170 Å². The third-order valence-electron chi connectivity index (χ3n) is 10.6. The van der Waals surface area contributed by atoms with Crippen LogP contribution in [-0.2, 0) is 0 Å². The second kappa shape index (κ2) is 10.2. The van der Waals surface area contributed by atoms with E-state index in [1.165, 1.54) is 107 Å². The Bertz CT molecular complexity index is 2950. The maximum atomic E-state index is 2.45. The van der Waals surface area contributed by atoms with E-state index in [1.54, 1.807) is 0 Å². The third kappa shape index (κ3) is 3.85. The van der Waals surface area contributed by atoms with Crippen molar-refractivity contribution in [3.8, 4) is 22.3 Å². The fourth-order valence-electron chi connectivity index (χ4n) is 8.41. The van der Waals surface area contributed by atoms with Crippen LogP contribution in [0, 0.1) is 0 Å². The van der Waals surface area contributed by atoms with Crippen LogP contribution >= 0.6 is 11.3 Å². The number of rotatable bonds is 2. The van der Waals surface area contributed by atoms with Gasteiger partial charge in [0.25, 0.3) is 0 Å². The van der Waals surface area contributed by atoms with Crippen LogP contribution in [0.3, 0.4) is 0 Å². The van der Waals surface area contributed by atoms with Gasteiger partial charge in [-0.25, -0.2) is 0 Å². The molecule has 0 unspecified atom stereocenters. The van der Waals surface area contributed by atoms with E-state index in [4.69, 9.17) is 0 Å². The Morgan fingerprint density at radius 3 is 1.06 bits per heavy atom. The lowest BCUT2D eigenvalue weighted by atomic mass is 9.90. The minimum Gasteiger partial charge on any atom is -0.134 e. The van der Waals surface area contributed by atoms with Gasteiger partial charge in [-0.2, -0.15) is 0 Å². The van der Waals surface area contributed by atoms with Crippen LogP contribution < -0.4 is 0 Å². The molecule has 1 heteroatoms. The first-order valence-electron chi connectivity index (χ1n) is 16.9. The lowest BCUT2D eigenvalue weighted by Crippen LogP contribution is -1.86. The zero-order chi connectivity index (χ0) is 32.1. The molecular formula is C48H28S. The zero-order valence-corrected chi connectivity index (χ0v) is 27.4. The summed E-state index contributed by atoms with van der Waals surface area (Å²) in [6.07, 6.45) is 0. The van der Waals surface area contributed by atoms with Gasteiger partial charge < -0.3 is 0 Å². The first-order chi connectivity index (χ1) is 24.3. The van der Waals surface area contributed by atoms with Crippen molar-refractivity contribution >= 4 is 96.1 Å². The van der Waals surface area contributed by atoms with E-state index in [9.17, 15) is 0 Å². The molecule has 11 rings (SSSR count). The Hall–Kier alpha value is -6.02. The molecule has 1 heterocycles. The summed E-state index contributed by atoms with van der Waals surface area (Å²) in [5.41, 5.74) is 5.18. The second-order valence-electron chi connectivity index (χ2n) is 13.2. The Balaban J connectivity index is 1.23. The number of benzene rings is 10. The molecule has 0 saturated heterocycles. The highest BCUT2D eigenvalue weighted by Gasteiger charge is 2.19. The molecule has 0 fully saturated rings. The predicted octanol–water partition coefficient (Wildman–Crippen LogP) is 14.3. The van der Waals surface area contributed by atoms with Gasteiger partial charge in [0.1, 0.15) is 0 Å². The van der Waals surface area contributed by atoms with Crippen LogP contribution in [0.5, 0.6) is 0 Å². The van der Waals surface area contributed by atoms with Crippen molar-refractivity contribution in [3.63, 3.8) is 0 Å². The first-order valence-corrected chi connectivity index (χ1v) is 17.7. The highest BCUT2D eigenvalue weighted by Crippen LogP contribution is 2.48. The molecule has 0 nitrogen and oxygen atoms in total. The molecule has 226 valence electrons. The molecule has 0 radical (unpaired) electrons. The van der Waals surface area contributed by atoms with E-state index in [-0.39, 0.29) is 0 Å². The molecule has 0 N–H and O–H groups in total. The van der Waals surface area contributed by atoms with Gasteiger partial charge >= 0.3 is 0 Å². The average Bonchev–Trinajstić information content (AvgIpc) is 3.56. The molecular weight excluding hydrogens is 609 g/mol. The molecule has 0 bridgehead atoms. The summed E-state index contributed by atoms with van der Waals surface area (Å²) in [6.45, 7) is 0. The van der Waals surface area contributed by atoms with Gasteiger partial charge in [0.2, 0.25) is 0 Å². The molecule has 49 heavy (non-hydrogen) atoms. The molecule has 11 aromatic rings. The third-order valence-corrected chi connectivity index (χ3v) is 11.9. The van der Waals surface area contributed by atoms with Crippen molar-refractivity contribution in [2.45, 2.75) is 0 Å². The second-order valence-corrected chi connectivity index (χ2v) is 14.2. The van der Waals surface area contributed by atoms with E-state index in [0.717, 1.165) is 0 Å². The van der Waals surface area contributed by atoms with E-state index >= 15 is 0 Å². The topological polar surface area (TPSA) is 0 Å². The van der Waals surface area contributed by atoms with Crippen LogP contribution in [0.1, 0.15) is 0 Å². The number of thiophene rings is 1. The molecule has 0 aliphatic carbocycles. The SMILES string of the molecule is c1ccc2c(c1)ccc1c3ccccc3c(-c3cccc4c3sc3c(-c5cc6c7ccccc7ccc6c6ccccc56)cccc34)cc21. The van der Waals surface area contributed by atoms with E-state index in [0.29, 0.717) is 0 Å². The first kappa shape index (κ1) is 27.0. The largest absolute Gasteiger partial charge is 0.134 e. The molecule has 10 aromatic carbocycles. The molecule has 0 aliphatic rings. The maximum Gasteiger partial charge on any atom is 0.0434 e. The van der Waals surface area contributed by atoms with Crippen LogP contribution in [-0.4, -0.2) is 0 Å². The monoisotopic (exact) mass is 636 g/mol. The summed E-state index contributed by atoms with van der Waals surface area (Å²) >= 11 is 1.94. The lowest BCUT2D eigenvalue weighted by Gasteiger charge is -2.14. The quantitative estimate of drug-likeness (QED) is 0.166. The Morgan fingerprint density at radius 2 is 0.592 bits per heavy atom. The van der Waals surface area contributed by atoms with Crippen molar-refractivity contribution in [2.24, 2.45) is 0 Å². The normalized spacial score (nSPS) is 12.1. The summed E-state index contributed by atoms with van der Waals surface area (Å²) in [5, 5.41) is 18.2. The van der Waals surface area contributed by atoms with E-state index < -0.39 is 0 Å². The molecule has 1 aromatic heterocycles. The molecule has 0 saturated carbocycles. The van der Waals surface area contributed by atoms with Crippen LogP contribution in [0.2, 0.25) is 0 Å². The summed E-state index contributed by atoms with van der Waals surface area (Å²) in [4.78, 5) is 0. The smallest absolute Gasteiger partial charge is 0.0434 e. The van der Waals surface area contributed by atoms with Crippen LogP contribution in [0.25, 0.3) is 107 Å². The fraction of sp³-hybridized carbons (Fsp3) is 0. The summed E-state index contributed by atoms with van der Waals surface area (Å²) in [5.74, 6) is 0. The Morgan fingerprint density at radius 1 is 0.224 bits per heavy atom. The summed E-state index contributed by atoms with van der Waals surface area (Å²) < 4.78 is 2.68. The molecule has 0 aliphatic heterocycles. The lowest BCUT2D eigenvalue weighted by molar-refractivity contribution is 1.73. The Kier molecular flexibility index (Phi) is 5.64. The van der Waals surface area contributed by atoms with Gasteiger partial charge in [-0.1, -0.05) is 158 Å². The molecule has 0 spiro atoms. The zero-order valence-electron chi connectivity index (χ0n) is 26.6. The number of hydrogen-bond donors (Lipinski definition) is 0. The number of fused-ring (bicyclic) bond motifs is 13. The van der Waals surface area contributed by atoms with Crippen molar-refractivity contribution < 1.29 is 0 Å². The highest BCUT2D eigenvalue weighted by atomic mass is 32.1. The summed E-state index contributed by atoms with van der Waals surface area (Å²) in [7, 11) is 0. The van der Waals surface area contributed by atoms with E-state index in [1.807, 2.05) is 11.3 Å². The minimum absolute atomic E-state index is 1.27. The van der Waals surface area contributed by atoms with Gasteiger partial charge in [-0.15, -0.1) is 11.3 Å². The van der Waals surface area contributed by atoms with Crippen molar-refractivity contribution in [2.75, 3.05) is 0 Å².